The van der Waals surface area contributed by atoms with Crippen LogP contribution < -0.4 is 0 Å². The average Bonchev–Trinajstić information content (AvgIpc) is 2.07. The van der Waals surface area contributed by atoms with Crippen LogP contribution in [0.3, 0.4) is 0 Å². The van der Waals surface area contributed by atoms with Crippen molar-refractivity contribution >= 4 is 11.9 Å². The van der Waals surface area contributed by atoms with E-state index in [0.29, 0.717) is 13.0 Å². The molecule has 5 nitrogen and oxygen atoms in total. The fourth-order valence-corrected chi connectivity index (χ4v) is 1.91. The number of carboxylic acid groups (broad SMARTS) is 2. The second-order valence-corrected chi connectivity index (χ2v) is 3.85. The third kappa shape index (κ3) is 2.70. The molecule has 1 aliphatic rings. The zero-order valence-corrected chi connectivity index (χ0v) is 8.14. The minimum atomic E-state index is -0.911. The number of carbonyl (C=O) groups is 2. The summed E-state index contributed by atoms with van der Waals surface area (Å²) in [6, 6.07) is 0. The molecule has 1 rings (SSSR count). The van der Waals surface area contributed by atoms with Crippen molar-refractivity contribution in [3.63, 3.8) is 0 Å². The molecule has 1 saturated heterocycles. The molecule has 0 amide bonds. The van der Waals surface area contributed by atoms with E-state index in [1.165, 1.54) is 0 Å². The van der Waals surface area contributed by atoms with Gasteiger partial charge in [0, 0.05) is 13.0 Å². The fourth-order valence-electron chi connectivity index (χ4n) is 1.91. The van der Waals surface area contributed by atoms with Gasteiger partial charge in [-0.05, 0) is 25.9 Å². The predicted octanol–water partition coefficient (Wildman–Crippen LogP) is 0.114. The highest BCUT2D eigenvalue weighted by Crippen LogP contribution is 2.25. The van der Waals surface area contributed by atoms with Crippen molar-refractivity contribution in [2.45, 2.75) is 12.8 Å². The van der Waals surface area contributed by atoms with Crippen molar-refractivity contribution in [2.24, 2.45) is 11.8 Å². The molecule has 2 N–H and O–H groups in total. The Labute approximate surface area is 82.3 Å². The van der Waals surface area contributed by atoms with E-state index in [-0.39, 0.29) is 12.3 Å². The zero-order valence-electron chi connectivity index (χ0n) is 8.14. The quantitative estimate of drug-likeness (QED) is 0.677. The summed E-state index contributed by atoms with van der Waals surface area (Å²) in [5.74, 6) is -2.56. The van der Waals surface area contributed by atoms with Crippen LogP contribution in [0.5, 0.6) is 0 Å². The lowest BCUT2D eigenvalue weighted by Gasteiger charge is -2.33. The van der Waals surface area contributed by atoms with Crippen LogP contribution in [0.1, 0.15) is 12.8 Å². The van der Waals surface area contributed by atoms with Gasteiger partial charge in [0.05, 0.1) is 5.92 Å². The molecule has 5 heteroatoms. The van der Waals surface area contributed by atoms with E-state index in [0.717, 1.165) is 6.54 Å². The highest BCUT2D eigenvalue weighted by molar-refractivity contribution is 5.73. The summed E-state index contributed by atoms with van der Waals surface area (Å²) in [5, 5.41) is 17.5. The highest BCUT2D eigenvalue weighted by atomic mass is 16.4. The van der Waals surface area contributed by atoms with E-state index in [9.17, 15) is 9.59 Å². The maximum absolute atomic E-state index is 10.9. The summed E-state index contributed by atoms with van der Waals surface area (Å²) in [5.41, 5.74) is 0. The van der Waals surface area contributed by atoms with E-state index in [1.54, 1.807) is 0 Å². The van der Waals surface area contributed by atoms with E-state index >= 15 is 0 Å². The molecule has 0 aromatic heterocycles. The Morgan fingerprint density at radius 2 is 2.07 bits per heavy atom. The number of aliphatic carboxylic acids is 2. The van der Waals surface area contributed by atoms with Crippen LogP contribution in [-0.2, 0) is 9.59 Å². The van der Waals surface area contributed by atoms with Crippen molar-refractivity contribution < 1.29 is 19.8 Å². The zero-order chi connectivity index (χ0) is 10.7. The summed E-state index contributed by atoms with van der Waals surface area (Å²) in [4.78, 5) is 23.3. The van der Waals surface area contributed by atoms with E-state index < -0.39 is 17.9 Å². The molecule has 2 atom stereocenters. The first-order valence-electron chi connectivity index (χ1n) is 4.64. The topological polar surface area (TPSA) is 77.8 Å². The van der Waals surface area contributed by atoms with Crippen molar-refractivity contribution in [1.82, 2.24) is 4.90 Å². The summed E-state index contributed by atoms with van der Waals surface area (Å²) in [6.07, 6.45) is 0.616. The monoisotopic (exact) mass is 201 g/mol. The number of piperidine rings is 1. The SMILES string of the molecule is CN1CC[C@H](CC(=O)O)[C@H](C(=O)O)C1. The second-order valence-electron chi connectivity index (χ2n) is 3.85. The second kappa shape index (κ2) is 4.41. The minimum Gasteiger partial charge on any atom is -0.481 e. The molecule has 14 heavy (non-hydrogen) atoms. The molecule has 0 unspecified atom stereocenters. The number of nitrogens with zero attached hydrogens (tertiary/aromatic N) is 1. The number of hydrogen-bond acceptors (Lipinski definition) is 3. The van der Waals surface area contributed by atoms with Gasteiger partial charge in [-0.3, -0.25) is 9.59 Å². The lowest BCUT2D eigenvalue weighted by atomic mass is 9.83. The Bertz CT molecular complexity index is 241. The van der Waals surface area contributed by atoms with E-state index in [1.807, 2.05) is 11.9 Å². The van der Waals surface area contributed by atoms with Crippen molar-refractivity contribution in [3.8, 4) is 0 Å². The molecule has 0 aromatic carbocycles. The maximum atomic E-state index is 10.9. The molecule has 0 aliphatic carbocycles. The molecule has 1 heterocycles. The van der Waals surface area contributed by atoms with Gasteiger partial charge in [-0.2, -0.15) is 0 Å². The average molecular weight is 201 g/mol. The molecule has 0 spiro atoms. The molecule has 1 fully saturated rings. The van der Waals surface area contributed by atoms with Crippen molar-refractivity contribution in [1.29, 1.82) is 0 Å². The first kappa shape index (κ1) is 11.0. The molecule has 80 valence electrons. The molecule has 0 saturated carbocycles. The van der Waals surface area contributed by atoms with Gasteiger partial charge in [-0.15, -0.1) is 0 Å². The largest absolute Gasteiger partial charge is 0.481 e. The lowest BCUT2D eigenvalue weighted by Crippen LogP contribution is -2.42. The Morgan fingerprint density at radius 1 is 1.43 bits per heavy atom. The van der Waals surface area contributed by atoms with Crippen molar-refractivity contribution in [2.75, 3.05) is 20.1 Å². The standard InChI is InChI=1S/C9H15NO4/c1-10-3-2-6(4-8(11)12)7(5-10)9(13)14/h6-7H,2-5H2,1H3,(H,11,12)(H,13,14)/t6-,7-/m1/s1. The molecule has 0 aromatic rings. The number of rotatable bonds is 3. The van der Waals surface area contributed by atoms with Gasteiger partial charge in [-0.25, -0.2) is 0 Å². The van der Waals surface area contributed by atoms with E-state index in [4.69, 9.17) is 10.2 Å². The maximum Gasteiger partial charge on any atom is 0.308 e. The number of hydrogen-bond donors (Lipinski definition) is 2. The van der Waals surface area contributed by atoms with Gasteiger partial charge in [0.2, 0.25) is 0 Å². The van der Waals surface area contributed by atoms with Crippen molar-refractivity contribution in [3.05, 3.63) is 0 Å². The van der Waals surface area contributed by atoms with Crippen LogP contribution in [-0.4, -0.2) is 47.2 Å². The predicted molar refractivity (Wildman–Crippen MR) is 49.0 cm³/mol. The smallest absolute Gasteiger partial charge is 0.308 e. The first-order chi connectivity index (χ1) is 6.50. The number of likely N-dealkylation sites (tertiary alicyclic amines) is 1. The van der Waals surface area contributed by atoms with Crippen LogP contribution in [0.15, 0.2) is 0 Å². The van der Waals surface area contributed by atoms with Gasteiger partial charge in [0.25, 0.3) is 0 Å². The first-order valence-corrected chi connectivity index (χ1v) is 4.64. The highest BCUT2D eigenvalue weighted by Gasteiger charge is 2.34. The van der Waals surface area contributed by atoms with Crippen LogP contribution in [0.2, 0.25) is 0 Å². The summed E-state index contributed by atoms with van der Waals surface area (Å²) >= 11 is 0. The Morgan fingerprint density at radius 3 is 2.57 bits per heavy atom. The summed E-state index contributed by atoms with van der Waals surface area (Å²) in [6.45, 7) is 1.23. The molecule has 0 radical (unpaired) electrons. The third-order valence-corrected chi connectivity index (χ3v) is 2.71. The van der Waals surface area contributed by atoms with Gasteiger partial charge >= 0.3 is 11.9 Å². The molecular formula is C9H15NO4. The Hall–Kier alpha value is -1.10. The number of carboxylic acids is 2. The Balaban J connectivity index is 2.62. The third-order valence-electron chi connectivity index (χ3n) is 2.71. The van der Waals surface area contributed by atoms with Crippen LogP contribution in [0.25, 0.3) is 0 Å². The van der Waals surface area contributed by atoms with Gasteiger partial charge in [0.15, 0.2) is 0 Å². The fraction of sp³-hybridized carbons (Fsp3) is 0.778. The van der Waals surface area contributed by atoms with Crippen LogP contribution >= 0.6 is 0 Å². The van der Waals surface area contributed by atoms with E-state index in [2.05, 4.69) is 0 Å². The minimum absolute atomic E-state index is 0.0369. The van der Waals surface area contributed by atoms with Gasteiger partial charge in [0.1, 0.15) is 0 Å². The summed E-state index contributed by atoms with van der Waals surface area (Å²) < 4.78 is 0. The Kier molecular flexibility index (Phi) is 3.46. The molecular weight excluding hydrogens is 186 g/mol. The summed E-state index contributed by atoms with van der Waals surface area (Å²) in [7, 11) is 1.85. The van der Waals surface area contributed by atoms with Gasteiger partial charge < -0.3 is 15.1 Å². The van der Waals surface area contributed by atoms with Gasteiger partial charge in [-0.1, -0.05) is 0 Å². The molecule has 1 aliphatic heterocycles. The van der Waals surface area contributed by atoms with Crippen LogP contribution in [0.4, 0.5) is 0 Å². The normalized spacial score (nSPS) is 28.6. The molecule has 0 bridgehead atoms. The lowest BCUT2D eigenvalue weighted by molar-refractivity contribution is -0.147. The van der Waals surface area contributed by atoms with Crippen LogP contribution in [0, 0.1) is 11.8 Å².